The van der Waals surface area contributed by atoms with Gasteiger partial charge in [-0.15, -0.1) is 11.3 Å². The molecule has 0 atom stereocenters. The van der Waals surface area contributed by atoms with Crippen molar-refractivity contribution in [2.75, 3.05) is 13.1 Å². The van der Waals surface area contributed by atoms with Crippen LogP contribution in [0.1, 0.15) is 50.7 Å². The lowest BCUT2D eigenvalue weighted by Gasteiger charge is -2.25. The number of piperidine rings is 1. The summed E-state index contributed by atoms with van der Waals surface area (Å²) in [6.07, 6.45) is 2.62. The maximum absolute atomic E-state index is 13.0. The largest absolute Gasteiger partial charge is 0.318 e. The van der Waals surface area contributed by atoms with E-state index in [0.717, 1.165) is 47.7 Å². The Hall–Kier alpha value is -2.95. The van der Waals surface area contributed by atoms with Gasteiger partial charge in [0, 0.05) is 30.2 Å². The summed E-state index contributed by atoms with van der Waals surface area (Å²) in [5, 5.41) is 1.57. The van der Waals surface area contributed by atoms with Gasteiger partial charge in [0.15, 0.2) is 0 Å². The first kappa shape index (κ1) is 23.2. The minimum absolute atomic E-state index is 0.0246. The Bertz CT molecular complexity index is 1270. The predicted molar refractivity (Wildman–Crippen MR) is 127 cm³/mol. The van der Waals surface area contributed by atoms with Crippen LogP contribution in [0.4, 0.5) is 0 Å². The molecule has 0 aliphatic carbocycles. The number of aromatic nitrogens is 1. The molecule has 2 N–H and O–H groups in total. The third-order valence-corrected chi connectivity index (χ3v) is 8.73. The maximum Gasteiger partial charge on any atom is 0.281 e. The average molecular weight is 487 g/mol. The fourth-order valence-corrected chi connectivity index (χ4v) is 6.93. The van der Waals surface area contributed by atoms with E-state index in [0.29, 0.717) is 18.7 Å². The number of nitrogens with one attached hydrogen (secondary N) is 2. The van der Waals surface area contributed by atoms with Crippen LogP contribution in [0.5, 0.6) is 0 Å². The number of thiophene rings is 1. The first-order chi connectivity index (χ1) is 15.8. The first-order valence-electron chi connectivity index (χ1n) is 10.7. The highest BCUT2D eigenvalue weighted by Gasteiger charge is 2.31. The Morgan fingerprint density at radius 1 is 0.939 bits per heavy atom. The molecular weight excluding hydrogens is 460 g/mol. The molecule has 33 heavy (non-hydrogen) atoms. The molecule has 3 aromatic rings. The van der Waals surface area contributed by atoms with Crippen LogP contribution in [0.3, 0.4) is 0 Å². The second-order valence-corrected chi connectivity index (χ2v) is 10.8. The summed E-state index contributed by atoms with van der Waals surface area (Å²) in [6, 6.07) is 12.9. The maximum atomic E-state index is 13.0. The van der Waals surface area contributed by atoms with Crippen molar-refractivity contribution in [1.82, 2.24) is 19.7 Å². The third-order valence-electron chi connectivity index (χ3n) is 5.75. The number of benzene rings is 1. The van der Waals surface area contributed by atoms with Crippen LogP contribution in [0.15, 0.2) is 52.7 Å². The second-order valence-electron chi connectivity index (χ2n) is 7.94. The van der Waals surface area contributed by atoms with E-state index in [1.54, 1.807) is 11.4 Å². The van der Waals surface area contributed by atoms with Crippen molar-refractivity contribution in [3.05, 3.63) is 69.7 Å². The van der Waals surface area contributed by atoms with Crippen molar-refractivity contribution < 1.29 is 18.0 Å². The minimum Gasteiger partial charge on any atom is -0.318 e. The minimum atomic E-state index is -3.76. The third kappa shape index (κ3) is 4.59. The molecular formula is C23H26N4O4S2. The second kappa shape index (κ2) is 9.50. The van der Waals surface area contributed by atoms with Crippen LogP contribution in [-0.4, -0.2) is 42.2 Å². The summed E-state index contributed by atoms with van der Waals surface area (Å²) in [4.78, 5) is 25.6. The summed E-state index contributed by atoms with van der Waals surface area (Å²) in [5.41, 5.74) is 7.76. The number of hydrazine groups is 1. The predicted octanol–water partition coefficient (Wildman–Crippen LogP) is 3.41. The highest BCUT2D eigenvalue weighted by Crippen LogP contribution is 2.27. The number of nitrogens with zero attached hydrogens (tertiary/aromatic N) is 2. The molecule has 4 rings (SSSR count). The number of carbonyl (C=O) groups excluding carboxylic acids is 2. The lowest BCUT2D eigenvalue weighted by molar-refractivity contribution is 0.0847. The average Bonchev–Trinajstić information content (AvgIpc) is 3.43. The molecule has 0 saturated carbocycles. The van der Waals surface area contributed by atoms with Crippen LogP contribution in [0.25, 0.3) is 5.69 Å². The zero-order valence-corrected chi connectivity index (χ0v) is 20.1. The number of sulfonamides is 1. The topological polar surface area (TPSA) is 101 Å². The van der Waals surface area contributed by atoms with E-state index in [9.17, 15) is 18.0 Å². The Balaban J connectivity index is 1.49. The van der Waals surface area contributed by atoms with Gasteiger partial charge in [0.25, 0.3) is 11.8 Å². The molecule has 1 aliphatic rings. The fraction of sp³-hybridized carbons (Fsp3) is 0.304. The molecule has 0 spiro atoms. The zero-order valence-electron chi connectivity index (χ0n) is 18.5. The van der Waals surface area contributed by atoms with Gasteiger partial charge in [-0.25, -0.2) is 8.42 Å². The number of amides is 2. The summed E-state index contributed by atoms with van der Waals surface area (Å²) in [5.74, 6) is -1.14. The molecule has 3 heterocycles. The van der Waals surface area contributed by atoms with E-state index in [1.165, 1.54) is 10.4 Å². The lowest BCUT2D eigenvalue weighted by atomic mass is 10.2. The van der Waals surface area contributed by atoms with E-state index < -0.39 is 21.8 Å². The van der Waals surface area contributed by atoms with Gasteiger partial charge in [-0.1, -0.05) is 24.6 Å². The van der Waals surface area contributed by atoms with Crippen molar-refractivity contribution in [3.63, 3.8) is 0 Å². The molecule has 2 amide bonds. The Morgan fingerprint density at radius 2 is 1.61 bits per heavy atom. The van der Waals surface area contributed by atoms with Crippen LogP contribution >= 0.6 is 11.3 Å². The Labute approximate surface area is 197 Å². The molecule has 1 fully saturated rings. The fourth-order valence-electron chi connectivity index (χ4n) is 4.12. The van der Waals surface area contributed by atoms with E-state index in [-0.39, 0.29) is 9.77 Å². The molecule has 10 heteroatoms. The van der Waals surface area contributed by atoms with Gasteiger partial charge in [-0.3, -0.25) is 20.4 Å². The van der Waals surface area contributed by atoms with Crippen LogP contribution in [-0.2, 0) is 10.0 Å². The van der Waals surface area contributed by atoms with Gasteiger partial charge in [0.1, 0.15) is 9.77 Å². The number of hydrogen-bond acceptors (Lipinski definition) is 5. The molecule has 2 aromatic heterocycles. The standard InChI is InChI=1S/C23H26N4O4S2/c1-16-15-19(17(2)27(16)18-9-5-3-6-10-18)22(28)24-25-23(29)21-20(11-14-32-21)33(30,31)26-12-7-4-8-13-26/h3,5-6,9-11,14-15H,4,7-8,12-13H2,1-2H3,(H,24,28)(H,25,29). The van der Waals surface area contributed by atoms with E-state index >= 15 is 0 Å². The number of rotatable bonds is 5. The zero-order chi connectivity index (χ0) is 23.6. The smallest absolute Gasteiger partial charge is 0.281 e. The summed E-state index contributed by atoms with van der Waals surface area (Å²) < 4.78 is 29.4. The van der Waals surface area contributed by atoms with Gasteiger partial charge in [-0.2, -0.15) is 4.31 Å². The molecule has 174 valence electrons. The van der Waals surface area contributed by atoms with Gasteiger partial charge in [-0.05, 0) is 56.3 Å². The number of aryl methyl sites for hydroxylation is 1. The van der Waals surface area contributed by atoms with Gasteiger partial charge in [0.2, 0.25) is 10.0 Å². The summed E-state index contributed by atoms with van der Waals surface area (Å²) in [6.45, 7) is 4.64. The molecule has 1 aliphatic heterocycles. The lowest BCUT2D eigenvalue weighted by Crippen LogP contribution is -2.42. The van der Waals surface area contributed by atoms with Crippen molar-refractivity contribution in [2.24, 2.45) is 0 Å². The molecule has 1 saturated heterocycles. The van der Waals surface area contributed by atoms with E-state index in [1.807, 2.05) is 48.7 Å². The van der Waals surface area contributed by atoms with Crippen molar-refractivity contribution in [2.45, 2.75) is 38.0 Å². The number of carbonyl (C=O) groups is 2. The van der Waals surface area contributed by atoms with E-state index in [2.05, 4.69) is 10.9 Å². The summed E-state index contributed by atoms with van der Waals surface area (Å²) in [7, 11) is -3.76. The van der Waals surface area contributed by atoms with Crippen molar-refractivity contribution in [3.8, 4) is 5.69 Å². The molecule has 1 aromatic carbocycles. The Morgan fingerprint density at radius 3 is 2.30 bits per heavy atom. The molecule has 0 radical (unpaired) electrons. The van der Waals surface area contributed by atoms with E-state index in [4.69, 9.17) is 0 Å². The van der Waals surface area contributed by atoms with Crippen LogP contribution in [0.2, 0.25) is 0 Å². The van der Waals surface area contributed by atoms with Gasteiger partial charge < -0.3 is 4.57 Å². The van der Waals surface area contributed by atoms with Gasteiger partial charge in [0.05, 0.1) is 5.56 Å². The Kier molecular flexibility index (Phi) is 6.68. The van der Waals surface area contributed by atoms with Crippen LogP contribution in [0, 0.1) is 13.8 Å². The molecule has 0 unspecified atom stereocenters. The SMILES string of the molecule is Cc1cc(C(=O)NNC(=O)c2sccc2S(=O)(=O)N2CCCCC2)c(C)n1-c1ccccc1. The van der Waals surface area contributed by atoms with Crippen molar-refractivity contribution in [1.29, 1.82) is 0 Å². The first-order valence-corrected chi connectivity index (χ1v) is 13.1. The quantitative estimate of drug-likeness (QED) is 0.540. The highest BCUT2D eigenvalue weighted by molar-refractivity contribution is 7.89. The molecule has 8 nitrogen and oxygen atoms in total. The monoisotopic (exact) mass is 486 g/mol. The van der Waals surface area contributed by atoms with Gasteiger partial charge >= 0.3 is 0 Å². The summed E-state index contributed by atoms with van der Waals surface area (Å²) >= 11 is 1.03. The van der Waals surface area contributed by atoms with Crippen LogP contribution < -0.4 is 10.9 Å². The number of para-hydroxylation sites is 1. The number of hydrogen-bond donors (Lipinski definition) is 2. The highest BCUT2D eigenvalue weighted by atomic mass is 32.2. The van der Waals surface area contributed by atoms with Crippen molar-refractivity contribution >= 4 is 33.2 Å². The molecule has 0 bridgehead atoms. The normalized spacial score (nSPS) is 14.7.